The van der Waals surface area contributed by atoms with Gasteiger partial charge in [-0.2, -0.15) is 0 Å². The summed E-state index contributed by atoms with van der Waals surface area (Å²) in [6.45, 7) is 1.29. The van der Waals surface area contributed by atoms with Crippen LogP contribution >= 0.6 is 0 Å². The molecular weight excluding hydrogens is 342 g/mol. The maximum absolute atomic E-state index is 13.6. The van der Waals surface area contributed by atoms with Crippen molar-refractivity contribution in [3.63, 3.8) is 0 Å². The van der Waals surface area contributed by atoms with E-state index < -0.39 is 27.3 Å². The lowest BCUT2D eigenvalue weighted by atomic mass is 10.3. The van der Waals surface area contributed by atoms with E-state index in [0.29, 0.717) is 0 Å². The van der Waals surface area contributed by atoms with Gasteiger partial charge < -0.3 is 10.1 Å². The van der Waals surface area contributed by atoms with Crippen LogP contribution in [0, 0.1) is 11.6 Å². The van der Waals surface area contributed by atoms with Gasteiger partial charge in [0.15, 0.2) is 0 Å². The normalized spacial score (nSPS) is 11.0. The van der Waals surface area contributed by atoms with Crippen LogP contribution in [0.15, 0.2) is 41.3 Å². The molecule has 1 amide bonds. The first-order chi connectivity index (χ1) is 11.2. The summed E-state index contributed by atoms with van der Waals surface area (Å²) in [4.78, 5) is 10.9. The number of methoxy groups -OCH3 is 1. The van der Waals surface area contributed by atoms with Gasteiger partial charge in [0.05, 0.1) is 23.4 Å². The molecule has 0 saturated heterocycles. The standard InChI is InChI=1S/C15H14F2N2O4S/c1-9(20)18-13-6-4-11(8-15(13)23-2)24(21,22)19-14-7-10(16)3-5-12(14)17/h3-8,19H,1-2H3,(H,18,20). The van der Waals surface area contributed by atoms with Crippen molar-refractivity contribution in [3.8, 4) is 5.75 Å². The predicted octanol–water partition coefficient (Wildman–Crippen LogP) is 2.73. The fraction of sp³-hybridized carbons (Fsp3) is 0.133. The number of anilines is 2. The fourth-order valence-electron chi connectivity index (χ4n) is 1.91. The van der Waals surface area contributed by atoms with E-state index in [0.717, 1.165) is 24.3 Å². The molecule has 0 fully saturated rings. The van der Waals surface area contributed by atoms with Gasteiger partial charge in [-0.15, -0.1) is 0 Å². The van der Waals surface area contributed by atoms with Crippen LogP contribution < -0.4 is 14.8 Å². The van der Waals surface area contributed by atoms with Gasteiger partial charge in [-0.05, 0) is 24.3 Å². The maximum atomic E-state index is 13.6. The fourth-order valence-corrected chi connectivity index (χ4v) is 2.98. The van der Waals surface area contributed by atoms with Crippen molar-refractivity contribution in [2.24, 2.45) is 0 Å². The summed E-state index contributed by atoms with van der Waals surface area (Å²) >= 11 is 0. The largest absolute Gasteiger partial charge is 0.495 e. The first-order valence-corrected chi connectivity index (χ1v) is 8.15. The molecular formula is C15H14F2N2O4S. The monoisotopic (exact) mass is 356 g/mol. The molecule has 24 heavy (non-hydrogen) atoms. The van der Waals surface area contributed by atoms with Gasteiger partial charge in [-0.25, -0.2) is 17.2 Å². The Kier molecular flexibility index (Phi) is 5.03. The van der Waals surface area contributed by atoms with Crippen LogP contribution in [0.4, 0.5) is 20.2 Å². The van der Waals surface area contributed by atoms with Crippen molar-refractivity contribution in [1.82, 2.24) is 0 Å². The quantitative estimate of drug-likeness (QED) is 0.863. The molecule has 0 bridgehead atoms. The minimum atomic E-state index is -4.18. The number of ether oxygens (including phenoxy) is 1. The van der Waals surface area contributed by atoms with Gasteiger partial charge in [0.2, 0.25) is 5.91 Å². The van der Waals surface area contributed by atoms with Crippen LogP contribution in [0.1, 0.15) is 6.92 Å². The van der Waals surface area contributed by atoms with Gasteiger partial charge in [-0.3, -0.25) is 9.52 Å². The molecule has 0 saturated carbocycles. The summed E-state index contributed by atoms with van der Waals surface area (Å²) < 4.78 is 58.4. The Morgan fingerprint density at radius 3 is 2.42 bits per heavy atom. The third-order valence-corrected chi connectivity index (χ3v) is 4.33. The van der Waals surface area contributed by atoms with Crippen molar-refractivity contribution in [2.75, 3.05) is 17.1 Å². The van der Waals surface area contributed by atoms with E-state index in [-0.39, 0.29) is 22.2 Å². The molecule has 0 radical (unpaired) electrons. The number of hydrogen-bond acceptors (Lipinski definition) is 4. The topological polar surface area (TPSA) is 84.5 Å². The van der Waals surface area contributed by atoms with E-state index in [9.17, 15) is 22.0 Å². The molecule has 9 heteroatoms. The molecule has 0 atom stereocenters. The smallest absolute Gasteiger partial charge is 0.262 e. The molecule has 128 valence electrons. The first-order valence-electron chi connectivity index (χ1n) is 6.66. The van der Waals surface area contributed by atoms with Crippen molar-refractivity contribution >= 4 is 27.3 Å². The Hall–Kier alpha value is -2.68. The van der Waals surface area contributed by atoms with Crippen LogP contribution in [-0.4, -0.2) is 21.4 Å². The van der Waals surface area contributed by atoms with Crippen LogP contribution in [0.2, 0.25) is 0 Å². The van der Waals surface area contributed by atoms with E-state index in [1.165, 1.54) is 26.2 Å². The first kappa shape index (κ1) is 17.7. The highest BCUT2D eigenvalue weighted by atomic mass is 32.2. The van der Waals surface area contributed by atoms with Crippen molar-refractivity contribution in [2.45, 2.75) is 11.8 Å². The highest BCUT2D eigenvalue weighted by Crippen LogP contribution is 2.29. The molecule has 2 rings (SSSR count). The number of halogens is 2. The molecule has 2 N–H and O–H groups in total. The summed E-state index contributed by atoms with van der Waals surface area (Å²) in [6, 6.07) is 6.11. The molecule has 0 aliphatic rings. The van der Waals surface area contributed by atoms with Gasteiger partial charge in [0, 0.05) is 19.1 Å². The van der Waals surface area contributed by atoms with Gasteiger partial charge in [-0.1, -0.05) is 0 Å². The zero-order valence-electron chi connectivity index (χ0n) is 12.8. The second-order valence-electron chi connectivity index (χ2n) is 4.77. The Labute approximate surface area is 137 Å². The average Bonchev–Trinajstić information content (AvgIpc) is 2.50. The number of carbonyl (C=O) groups excluding carboxylic acids is 1. The van der Waals surface area contributed by atoms with Crippen molar-refractivity contribution in [1.29, 1.82) is 0 Å². The van der Waals surface area contributed by atoms with Crippen molar-refractivity contribution < 1.29 is 26.7 Å². The molecule has 0 heterocycles. The maximum Gasteiger partial charge on any atom is 0.262 e. The minimum Gasteiger partial charge on any atom is -0.495 e. The molecule has 2 aromatic carbocycles. The van der Waals surface area contributed by atoms with Gasteiger partial charge >= 0.3 is 0 Å². The SMILES string of the molecule is COc1cc(S(=O)(=O)Nc2cc(F)ccc2F)ccc1NC(C)=O. The lowest BCUT2D eigenvalue weighted by Gasteiger charge is -2.13. The van der Waals surface area contributed by atoms with E-state index in [1.54, 1.807) is 0 Å². The Morgan fingerprint density at radius 1 is 1.08 bits per heavy atom. The molecule has 0 aliphatic heterocycles. The Morgan fingerprint density at radius 2 is 1.79 bits per heavy atom. The number of rotatable bonds is 5. The number of amides is 1. The lowest BCUT2D eigenvalue weighted by molar-refractivity contribution is -0.114. The molecule has 0 aromatic heterocycles. The zero-order chi connectivity index (χ0) is 17.9. The second kappa shape index (κ2) is 6.83. The van der Waals surface area contributed by atoms with Crippen LogP contribution in [0.3, 0.4) is 0 Å². The summed E-state index contributed by atoms with van der Waals surface area (Å²) in [7, 11) is -2.88. The summed E-state index contributed by atoms with van der Waals surface area (Å²) in [5.41, 5.74) is -0.235. The van der Waals surface area contributed by atoms with E-state index in [4.69, 9.17) is 4.74 Å². The third kappa shape index (κ3) is 3.99. The minimum absolute atomic E-state index is 0.104. The number of nitrogens with one attached hydrogen (secondary N) is 2. The number of benzene rings is 2. The summed E-state index contributed by atoms with van der Waals surface area (Å²) in [5, 5.41) is 2.48. The van der Waals surface area contributed by atoms with Crippen LogP contribution in [0.25, 0.3) is 0 Å². The Balaban J connectivity index is 2.38. The Bertz CT molecular complexity index is 885. The average molecular weight is 356 g/mol. The second-order valence-corrected chi connectivity index (χ2v) is 6.46. The number of carbonyl (C=O) groups is 1. The van der Waals surface area contributed by atoms with Crippen LogP contribution in [0.5, 0.6) is 5.75 Å². The zero-order valence-corrected chi connectivity index (χ0v) is 13.6. The number of sulfonamides is 1. The molecule has 6 nitrogen and oxygen atoms in total. The summed E-state index contributed by atoms with van der Waals surface area (Å²) in [6.07, 6.45) is 0. The molecule has 2 aromatic rings. The van der Waals surface area contributed by atoms with E-state index in [2.05, 4.69) is 5.32 Å². The lowest BCUT2D eigenvalue weighted by Crippen LogP contribution is -2.15. The van der Waals surface area contributed by atoms with Gasteiger partial charge in [0.1, 0.15) is 17.4 Å². The molecule has 0 spiro atoms. The van der Waals surface area contributed by atoms with Crippen molar-refractivity contribution in [3.05, 3.63) is 48.0 Å². The van der Waals surface area contributed by atoms with Crippen LogP contribution in [-0.2, 0) is 14.8 Å². The predicted molar refractivity (Wildman–Crippen MR) is 84.5 cm³/mol. The highest BCUT2D eigenvalue weighted by molar-refractivity contribution is 7.92. The van der Waals surface area contributed by atoms with Gasteiger partial charge in [0.25, 0.3) is 10.0 Å². The van der Waals surface area contributed by atoms with E-state index in [1.807, 2.05) is 4.72 Å². The summed E-state index contributed by atoms with van der Waals surface area (Å²) in [5.74, 6) is -1.95. The third-order valence-electron chi connectivity index (χ3n) is 2.97. The molecule has 0 aliphatic carbocycles. The van der Waals surface area contributed by atoms with E-state index >= 15 is 0 Å². The molecule has 0 unspecified atom stereocenters. The highest BCUT2D eigenvalue weighted by Gasteiger charge is 2.19. The number of hydrogen-bond donors (Lipinski definition) is 2.